The van der Waals surface area contributed by atoms with E-state index in [0.29, 0.717) is 0 Å². The summed E-state index contributed by atoms with van der Waals surface area (Å²) in [6.45, 7) is 9.03. The molecule has 0 saturated carbocycles. The van der Waals surface area contributed by atoms with Crippen molar-refractivity contribution in [2.75, 3.05) is 0 Å². The van der Waals surface area contributed by atoms with Crippen LogP contribution in [0.2, 0.25) is 0 Å². The normalized spacial score (nSPS) is 35.8. The average molecular weight is 356 g/mol. The first kappa shape index (κ1) is 28.2. The summed E-state index contributed by atoms with van der Waals surface area (Å²) < 4.78 is 30.5. The van der Waals surface area contributed by atoms with Crippen LogP contribution in [0.3, 0.4) is 0 Å². The van der Waals surface area contributed by atoms with E-state index in [1.165, 1.54) is 0 Å². The topological polar surface area (TPSA) is 181 Å². The Morgan fingerprint density at radius 3 is 1.12 bits per heavy atom. The van der Waals surface area contributed by atoms with E-state index in [1.54, 1.807) is 13.8 Å². The van der Waals surface area contributed by atoms with Gasteiger partial charge >= 0.3 is 24.0 Å². The number of hydrogen-bond donors (Lipinski definition) is 2. The van der Waals surface area contributed by atoms with Gasteiger partial charge < -0.3 is 39.8 Å². The van der Waals surface area contributed by atoms with Crippen molar-refractivity contribution in [2.45, 2.75) is 78.2 Å². The van der Waals surface area contributed by atoms with Crippen LogP contribution < -0.4 is 5.02 Å². The molecule has 146 valence electrons. The molecule has 10 nitrogen and oxygen atoms in total. The molecule has 0 aliphatic carbocycles. The van der Waals surface area contributed by atoms with Crippen molar-refractivity contribution in [2.24, 2.45) is 0 Å². The van der Waals surface area contributed by atoms with Gasteiger partial charge in [-0.1, -0.05) is 0 Å². The Bertz CT molecular complexity index is 279. The van der Waals surface area contributed by atoms with Crippen molar-refractivity contribution in [1.82, 2.24) is 0 Å². The Balaban J connectivity index is -0.000000346. The van der Waals surface area contributed by atoms with Gasteiger partial charge in [-0.05, 0) is 41.5 Å². The second-order valence-corrected chi connectivity index (χ2v) is 5.52. The van der Waals surface area contributed by atoms with Crippen molar-refractivity contribution in [1.29, 1.82) is 0 Å². The molecule has 6 unspecified atom stereocenters. The van der Waals surface area contributed by atoms with Gasteiger partial charge in [0.05, 0.1) is 12.2 Å². The van der Waals surface area contributed by atoms with E-state index in [0.717, 1.165) is 0 Å². The quantitative estimate of drug-likeness (QED) is 0.483. The summed E-state index contributed by atoms with van der Waals surface area (Å²) in [5, 5.41) is 25.0. The van der Waals surface area contributed by atoms with Gasteiger partial charge in [0.15, 0.2) is 0 Å². The fraction of sp³-hybridized carbons (Fsp3) is 1.00. The van der Waals surface area contributed by atoms with Crippen LogP contribution in [0.4, 0.5) is 0 Å². The van der Waals surface area contributed by atoms with Gasteiger partial charge in [-0.25, -0.2) is 0 Å². The standard InChI is InChI=1S/C8H16BO4.C4H10O2.BO2.2H2O/c1-5-6(2)11-9(10-5)12-7(3)8(4)13-9;1-3(5)4(2)6;2-1-3;;/h5-8H,1-4H3;3-6H,1-2H3;;2*1H2/q-1;;-1;;. The Morgan fingerprint density at radius 1 is 0.833 bits per heavy atom. The van der Waals surface area contributed by atoms with Crippen LogP contribution in [0.1, 0.15) is 41.5 Å². The van der Waals surface area contributed by atoms with Gasteiger partial charge in [-0.2, -0.15) is 0 Å². The number of aliphatic hydroxyl groups excluding tert-OH is 2. The monoisotopic (exact) mass is 356 g/mol. The molecule has 1 spiro atoms. The molecule has 2 rings (SSSR count). The summed E-state index contributed by atoms with van der Waals surface area (Å²) in [5.74, 6) is 0. The molecule has 0 radical (unpaired) electrons. The molecule has 24 heavy (non-hydrogen) atoms. The van der Waals surface area contributed by atoms with Crippen molar-refractivity contribution >= 4 is 14.3 Å². The Hall–Kier alpha value is -0.590. The van der Waals surface area contributed by atoms with Gasteiger partial charge in [0.2, 0.25) is 0 Å². The average Bonchev–Trinajstić information content (AvgIpc) is 2.80. The number of aliphatic hydroxyl groups is 2. The van der Waals surface area contributed by atoms with Crippen LogP contribution in [-0.4, -0.2) is 72.1 Å². The third-order valence-electron chi connectivity index (χ3n) is 3.55. The van der Waals surface area contributed by atoms with Crippen LogP contribution in [-0.2, 0) is 23.3 Å². The summed E-state index contributed by atoms with van der Waals surface area (Å²) in [6.07, 6.45) is -1.03. The predicted molar refractivity (Wildman–Crippen MR) is 85.0 cm³/mol. The zero-order valence-electron chi connectivity index (χ0n) is 15.0. The fourth-order valence-corrected chi connectivity index (χ4v) is 1.69. The third kappa shape index (κ3) is 9.04. The molecule has 0 aromatic heterocycles. The molecule has 2 aliphatic heterocycles. The molecule has 0 bridgehead atoms. The second-order valence-electron chi connectivity index (χ2n) is 5.52. The summed E-state index contributed by atoms with van der Waals surface area (Å²) in [6, 6.07) is 0. The van der Waals surface area contributed by atoms with Crippen molar-refractivity contribution < 1.29 is 49.5 Å². The van der Waals surface area contributed by atoms with Gasteiger partial charge in [-0.15, -0.1) is 0 Å². The first-order valence-corrected chi connectivity index (χ1v) is 7.34. The zero-order valence-corrected chi connectivity index (χ0v) is 15.0. The third-order valence-corrected chi connectivity index (χ3v) is 3.55. The number of rotatable bonds is 1. The first-order chi connectivity index (χ1) is 10.1. The molecule has 0 amide bonds. The molecular weight excluding hydrogens is 326 g/mol. The summed E-state index contributed by atoms with van der Waals surface area (Å²) in [4.78, 5) is 0. The van der Waals surface area contributed by atoms with Crippen molar-refractivity contribution in [3.8, 4) is 0 Å². The maximum atomic E-state index is 8.38. The molecule has 0 aromatic carbocycles. The summed E-state index contributed by atoms with van der Waals surface area (Å²) in [5.41, 5.74) is 0. The van der Waals surface area contributed by atoms with E-state index in [-0.39, 0.29) is 35.4 Å². The Morgan fingerprint density at radius 2 is 1.00 bits per heavy atom. The molecule has 6 N–H and O–H groups in total. The van der Waals surface area contributed by atoms with Gasteiger partial charge in [-0.3, -0.25) is 0 Å². The van der Waals surface area contributed by atoms with Crippen LogP contribution in [0.15, 0.2) is 0 Å². The minimum absolute atomic E-state index is 0. The molecule has 12 heteroatoms. The maximum absolute atomic E-state index is 8.38. The van der Waals surface area contributed by atoms with E-state index >= 15 is 0 Å². The summed E-state index contributed by atoms with van der Waals surface area (Å²) in [7, 11) is -0.500. The second kappa shape index (κ2) is 12.7. The van der Waals surface area contributed by atoms with E-state index in [1.807, 2.05) is 27.7 Å². The van der Waals surface area contributed by atoms with Crippen LogP contribution in [0.25, 0.3) is 0 Å². The van der Waals surface area contributed by atoms with E-state index in [4.69, 9.17) is 38.6 Å². The molecule has 2 fully saturated rings. The van der Waals surface area contributed by atoms with Gasteiger partial charge in [0.1, 0.15) is 0 Å². The molecular formula is C12H30B2O10-2. The summed E-state index contributed by atoms with van der Waals surface area (Å²) >= 11 is 0. The first-order valence-electron chi connectivity index (χ1n) is 7.34. The van der Waals surface area contributed by atoms with Crippen LogP contribution in [0.5, 0.6) is 0 Å². The number of hydrogen-bond acceptors (Lipinski definition) is 8. The van der Waals surface area contributed by atoms with Gasteiger partial charge in [0.25, 0.3) is 0 Å². The predicted octanol–water partition coefficient (Wildman–Crippen LogP) is -2.52. The zero-order chi connectivity index (χ0) is 17.5. The molecule has 2 aliphatic rings. The molecule has 0 aromatic rings. The molecule has 6 atom stereocenters. The molecule has 2 heterocycles. The SMILES string of the molecule is CC(O)C(C)O.CC1O[B-]2(OC1C)OC(C)C(C)O2.O.O.O=B[O-]. The van der Waals surface area contributed by atoms with Crippen molar-refractivity contribution in [3.63, 3.8) is 0 Å². The minimum atomic E-state index is -1.90. The van der Waals surface area contributed by atoms with E-state index < -0.39 is 26.5 Å². The Labute approximate surface area is 143 Å². The van der Waals surface area contributed by atoms with E-state index in [2.05, 4.69) is 0 Å². The fourth-order valence-electron chi connectivity index (χ4n) is 1.69. The van der Waals surface area contributed by atoms with E-state index in [9.17, 15) is 0 Å². The molecule has 2 saturated heterocycles. The van der Waals surface area contributed by atoms with Crippen LogP contribution in [0, 0.1) is 0 Å². The van der Waals surface area contributed by atoms with Crippen LogP contribution >= 0.6 is 0 Å². The Kier molecular flexibility index (Phi) is 15.0. The van der Waals surface area contributed by atoms with Gasteiger partial charge in [0, 0.05) is 24.4 Å². The van der Waals surface area contributed by atoms with Crippen molar-refractivity contribution in [3.05, 3.63) is 0 Å².